The van der Waals surface area contributed by atoms with Crippen LogP contribution in [0.5, 0.6) is 0 Å². The molecule has 4 nitrogen and oxygen atoms in total. The molecule has 0 aliphatic rings. The third kappa shape index (κ3) is 19.4. The fourth-order valence-electron chi connectivity index (χ4n) is 2.61. The van der Waals surface area contributed by atoms with Crippen LogP contribution in [0.25, 0.3) is 0 Å². The maximum atomic E-state index is 10.3. The van der Waals surface area contributed by atoms with E-state index in [0.717, 1.165) is 19.4 Å². The molecule has 22 heavy (non-hydrogen) atoms. The number of carboxylic acids is 1. The zero-order chi connectivity index (χ0) is 16.3. The lowest BCUT2D eigenvalue weighted by Crippen LogP contribution is -2.08. The summed E-state index contributed by atoms with van der Waals surface area (Å²) in [5.41, 5.74) is 5.35. The van der Waals surface area contributed by atoms with Crippen molar-refractivity contribution < 1.29 is 14.6 Å². The number of ether oxygens (including phenoxy) is 1. The molecule has 0 fully saturated rings. The highest BCUT2D eigenvalue weighted by Gasteiger charge is 1.97. The molecule has 0 atom stereocenters. The third-order valence-corrected chi connectivity index (χ3v) is 3.94. The second kappa shape index (κ2) is 18.4. The Morgan fingerprint density at radius 2 is 1.09 bits per heavy atom. The van der Waals surface area contributed by atoms with Crippen LogP contribution in [-0.4, -0.2) is 30.8 Å². The lowest BCUT2D eigenvalue weighted by Gasteiger charge is -2.04. The monoisotopic (exact) mass is 315 g/mol. The summed E-state index contributed by atoms with van der Waals surface area (Å²) in [5, 5.41) is 8.53. The smallest absolute Gasteiger partial charge is 0.303 e. The number of aliphatic carboxylic acids is 1. The fraction of sp³-hybridized carbons (Fsp3) is 0.944. The lowest BCUT2D eigenvalue weighted by molar-refractivity contribution is -0.137. The molecule has 0 spiro atoms. The molecule has 0 aromatic heterocycles. The number of hydrogen-bond donors (Lipinski definition) is 2. The van der Waals surface area contributed by atoms with Crippen LogP contribution in [0.4, 0.5) is 0 Å². The molecule has 0 rings (SSSR count). The summed E-state index contributed by atoms with van der Waals surface area (Å²) in [7, 11) is 0. The van der Waals surface area contributed by atoms with E-state index in [1.54, 1.807) is 0 Å². The molecule has 0 heterocycles. The van der Waals surface area contributed by atoms with Crippen LogP contribution in [0.3, 0.4) is 0 Å². The van der Waals surface area contributed by atoms with Gasteiger partial charge in [0.2, 0.25) is 0 Å². The molecule has 0 saturated carbocycles. The van der Waals surface area contributed by atoms with Gasteiger partial charge in [-0.25, -0.2) is 0 Å². The summed E-state index contributed by atoms with van der Waals surface area (Å²) >= 11 is 0. The third-order valence-electron chi connectivity index (χ3n) is 3.94. The van der Waals surface area contributed by atoms with Crippen molar-refractivity contribution in [2.45, 2.75) is 89.9 Å². The number of carboxylic acid groups (broad SMARTS) is 1. The maximum Gasteiger partial charge on any atom is 0.303 e. The maximum absolute atomic E-state index is 10.3. The van der Waals surface area contributed by atoms with Crippen LogP contribution in [0, 0.1) is 0 Å². The first kappa shape index (κ1) is 21.4. The van der Waals surface area contributed by atoms with Gasteiger partial charge in [0.15, 0.2) is 0 Å². The summed E-state index contributed by atoms with van der Waals surface area (Å²) in [4.78, 5) is 10.3. The van der Waals surface area contributed by atoms with Gasteiger partial charge >= 0.3 is 5.97 Å². The van der Waals surface area contributed by atoms with E-state index in [9.17, 15) is 4.79 Å². The van der Waals surface area contributed by atoms with Crippen molar-refractivity contribution in [1.82, 2.24) is 0 Å². The summed E-state index contributed by atoms with van der Waals surface area (Å²) in [6.07, 6.45) is 16.6. The van der Waals surface area contributed by atoms with Gasteiger partial charge in [0, 0.05) is 19.6 Å². The Bertz CT molecular complexity index is 234. The minimum Gasteiger partial charge on any atom is -0.481 e. The summed E-state index contributed by atoms with van der Waals surface area (Å²) in [6.45, 7) is 2.19. The molecule has 3 N–H and O–H groups in total. The van der Waals surface area contributed by atoms with Gasteiger partial charge in [-0.1, -0.05) is 70.6 Å². The van der Waals surface area contributed by atoms with Crippen LogP contribution in [0.1, 0.15) is 89.9 Å². The predicted molar refractivity (Wildman–Crippen MR) is 92.1 cm³/mol. The SMILES string of the molecule is NCCOCCCCCCCCCCCCCCCC(=O)O. The van der Waals surface area contributed by atoms with E-state index in [1.807, 2.05) is 0 Å². The first-order chi connectivity index (χ1) is 10.8. The van der Waals surface area contributed by atoms with Crippen molar-refractivity contribution >= 4 is 5.97 Å². The highest BCUT2D eigenvalue weighted by molar-refractivity contribution is 5.66. The Morgan fingerprint density at radius 1 is 0.682 bits per heavy atom. The minimum atomic E-state index is -0.664. The van der Waals surface area contributed by atoms with Crippen LogP contribution < -0.4 is 5.73 Å². The summed E-state index contributed by atoms with van der Waals surface area (Å²) in [6, 6.07) is 0. The number of carbonyl (C=O) groups is 1. The number of hydrogen-bond acceptors (Lipinski definition) is 3. The van der Waals surface area contributed by atoms with Gasteiger partial charge in [-0.2, -0.15) is 0 Å². The Kier molecular flexibility index (Phi) is 17.9. The van der Waals surface area contributed by atoms with E-state index in [1.165, 1.54) is 70.6 Å². The van der Waals surface area contributed by atoms with Gasteiger partial charge in [0.1, 0.15) is 0 Å². The van der Waals surface area contributed by atoms with Crippen molar-refractivity contribution in [3.05, 3.63) is 0 Å². The van der Waals surface area contributed by atoms with Gasteiger partial charge < -0.3 is 15.6 Å². The normalized spacial score (nSPS) is 11.0. The molecular formula is C18H37NO3. The quantitative estimate of drug-likeness (QED) is 0.365. The average molecular weight is 315 g/mol. The zero-order valence-electron chi connectivity index (χ0n) is 14.4. The van der Waals surface area contributed by atoms with Gasteiger partial charge in [0.05, 0.1) is 6.61 Å². The first-order valence-corrected chi connectivity index (χ1v) is 9.27. The first-order valence-electron chi connectivity index (χ1n) is 9.27. The molecule has 0 aromatic rings. The van der Waals surface area contributed by atoms with Crippen molar-refractivity contribution in [1.29, 1.82) is 0 Å². The number of nitrogens with two attached hydrogens (primary N) is 1. The Balaban J connectivity index is 2.95. The van der Waals surface area contributed by atoms with Crippen molar-refractivity contribution in [2.75, 3.05) is 19.8 Å². The van der Waals surface area contributed by atoms with E-state index >= 15 is 0 Å². The molecule has 0 saturated heterocycles. The van der Waals surface area contributed by atoms with E-state index in [2.05, 4.69) is 0 Å². The molecule has 0 radical (unpaired) electrons. The summed E-state index contributed by atoms with van der Waals surface area (Å²) in [5.74, 6) is -0.664. The standard InChI is InChI=1S/C18H37NO3/c19-15-17-22-16-13-11-9-7-5-3-1-2-4-6-8-10-12-14-18(20)21/h1-17,19H2,(H,20,21). The fourth-order valence-corrected chi connectivity index (χ4v) is 2.61. The molecule has 0 aliphatic carbocycles. The second-order valence-corrected chi connectivity index (χ2v) is 6.14. The van der Waals surface area contributed by atoms with Crippen LogP contribution in [0.2, 0.25) is 0 Å². The molecule has 0 bridgehead atoms. The zero-order valence-corrected chi connectivity index (χ0v) is 14.4. The van der Waals surface area contributed by atoms with Gasteiger partial charge in [-0.15, -0.1) is 0 Å². The Morgan fingerprint density at radius 3 is 1.50 bits per heavy atom. The highest BCUT2D eigenvalue weighted by Crippen LogP contribution is 2.12. The van der Waals surface area contributed by atoms with Gasteiger partial charge in [-0.05, 0) is 12.8 Å². The predicted octanol–water partition coefficient (Wildman–Crippen LogP) is 4.51. The molecule has 0 amide bonds. The van der Waals surface area contributed by atoms with Crippen LogP contribution in [0.15, 0.2) is 0 Å². The second-order valence-electron chi connectivity index (χ2n) is 6.14. The van der Waals surface area contributed by atoms with E-state index < -0.39 is 5.97 Å². The van der Waals surface area contributed by atoms with Crippen molar-refractivity contribution in [3.8, 4) is 0 Å². The highest BCUT2D eigenvalue weighted by atomic mass is 16.5. The molecule has 132 valence electrons. The lowest BCUT2D eigenvalue weighted by atomic mass is 10.0. The van der Waals surface area contributed by atoms with E-state index in [0.29, 0.717) is 19.6 Å². The number of rotatable bonds is 18. The Hall–Kier alpha value is -0.610. The largest absolute Gasteiger partial charge is 0.481 e. The van der Waals surface area contributed by atoms with Gasteiger partial charge in [0.25, 0.3) is 0 Å². The summed E-state index contributed by atoms with van der Waals surface area (Å²) < 4.78 is 5.35. The molecule has 4 heteroatoms. The molecule has 0 aromatic carbocycles. The van der Waals surface area contributed by atoms with Crippen LogP contribution >= 0.6 is 0 Å². The molecule has 0 aliphatic heterocycles. The minimum absolute atomic E-state index is 0.332. The van der Waals surface area contributed by atoms with E-state index in [4.69, 9.17) is 15.6 Å². The van der Waals surface area contributed by atoms with Gasteiger partial charge in [-0.3, -0.25) is 4.79 Å². The average Bonchev–Trinajstić information content (AvgIpc) is 2.50. The van der Waals surface area contributed by atoms with Crippen molar-refractivity contribution in [3.63, 3.8) is 0 Å². The molecule has 0 unspecified atom stereocenters. The molecular weight excluding hydrogens is 278 g/mol. The Labute approximate surface area is 136 Å². The number of unbranched alkanes of at least 4 members (excludes halogenated alkanes) is 12. The topological polar surface area (TPSA) is 72.5 Å². The van der Waals surface area contributed by atoms with E-state index in [-0.39, 0.29) is 0 Å². The van der Waals surface area contributed by atoms with Crippen LogP contribution in [-0.2, 0) is 9.53 Å². The van der Waals surface area contributed by atoms with Crippen molar-refractivity contribution in [2.24, 2.45) is 5.73 Å².